The fourth-order valence-corrected chi connectivity index (χ4v) is 0.806. The van der Waals surface area contributed by atoms with Crippen LogP contribution in [0.3, 0.4) is 0 Å². The van der Waals surface area contributed by atoms with Crippen LogP contribution in [0.15, 0.2) is 15.8 Å². The van der Waals surface area contributed by atoms with Crippen molar-refractivity contribution in [3.05, 3.63) is 27.0 Å². The number of aromatic nitrogens is 3. The van der Waals surface area contributed by atoms with Gasteiger partial charge in [0.2, 0.25) is 0 Å². The average Bonchev–Trinajstić information content (AvgIpc) is 2.12. The summed E-state index contributed by atoms with van der Waals surface area (Å²) in [6, 6.07) is 0. The molecule has 0 aromatic carbocycles. The van der Waals surface area contributed by atoms with Gasteiger partial charge < -0.3 is 5.11 Å². The summed E-state index contributed by atoms with van der Waals surface area (Å²) in [5, 5.41) is 12.0. The predicted molar refractivity (Wildman–Crippen MR) is 43.8 cm³/mol. The lowest BCUT2D eigenvalue weighted by atomic mass is 10.6. The van der Waals surface area contributed by atoms with Gasteiger partial charge in [0.1, 0.15) is 12.9 Å². The van der Waals surface area contributed by atoms with E-state index in [0.29, 0.717) is 0 Å². The number of terminal acetylenes is 1. The van der Waals surface area contributed by atoms with Gasteiger partial charge in [-0.15, -0.1) is 6.42 Å². The van der Waals surface area contributed by atoms with Gasteiger partial charge in [-0.25, -0.2) is 9.36 Å². The van der Waals surface area contributed by atoms with Crippen molar-refractivity contribution in [3.8, 4) is 12.3 Å². The van der Waals surface area contributed by atoms with Crippen LogP contribution in [0.4, 0.5) is 0 Å². The maximum Gasteiger partial charge on any atom is 0.350 e. The van der Waals surface area contributed by atoms with Crippen LogP contribution in [-0.2, 0) is 13.3 Å². The van der Waals surface area contributed by atoms with E-state index in [1.165, 1.54) is 0 Å². The molecule has 0 radical (unpaired) electrons. The highest BCUT2D eigenvalue weighted by Crippen LogP contribution is 1.70. The molecule has 0 spiro atoms. The van der Waals surface area contributed by atoms with Crippen molar-refractivity contribution in [2.45, 2.75) is 13.3 Å². The maximum absolute atomic E-state index is 11.2. The van der Waals surface area contributed by atoms with Crippen LogP contribution >= 0.6 is 0 Å². The summed E-state index contributed by atoms with van der Waals surface area (Å²) in [7, 11) is 0. The summed E-state index contributed by atoms with van der Waals surface area (Å²) in [6.07, 6.45) is 5.87. The van der Waals surface area contributed by atoms with Gasteiger partial charge in [0, 0.05) is 0 Å². The van der Waals surface area contributed by atoms with E-state index >= 15 is 0 Å². The molecule has 68 valence electrons. The summed E-state index contributed by atoms with van der Waals surface area (Å²) in [6.45, 7) is -0.704. The molecule has 1 aromatic heterocycles. The van der Waals surface area contributed by atoms with Gasteiger partial charge in [-0.3, -0.25) is 4.79 Å². The quantitative estimate of drug-likeness (QED) is 0.535. The number of hydrogen-bond donors (Lipinski definition) is 1. The molecule has 0 aliphatic carbocycles. The van der Waals surface area contributed by atoms with Crippen molar-refractivity contribution < 1.29 is 5.11 Å². The molecule has 0 fully saturated rings. The zero-order valence-electron chi connectivity index (χ0n) is 6.67. The fourth-order valence-electron chi connectivity index (χ4n) is 0.806. The van der Waals surface area contributed by atoms with Gasteiger partial charge in [-0.1, -0.05) is 5.92 Å². The van der Waals surface area contributed by atoms with Gasteiger partial charge in [0.15, 0.2) is 0 Å². The highest BCUT2D eigenvalue weighted by molar-refractivity contribution is 4.87. The Hall–Kier alpha value is -1.87. The number of aliphatic hydroxyl groups excluding tert-OH is 1. The molecule has 0 saturated heterocycles. The van der Waals surface area contributed by atoms with Crippen molar-refractivity contribution in [1.82, 2.24) is 14.3 Å². The second-order valence-corrected chi connectivity index (χ2v) is 2.20. The summed E-state index contributed by atoms with van der Waals surface area (Å²) in [4.78, 5) is 22.2. The third kappa shape index (κ3) is 1.65. The van der Waals surface area contributed by atoms with Crippen LogP contribution in [0.5, 0.6) is 0 Å². The first kappa shape index (κ1) is 9.22. The molecule has 0 atom stereocenters. The average molecular weight is 181 g/mol. The predicted octanol–water partition coefficient (Wildman–Crippen LogP) is -2.01. The van der Waals surface area contributed by atoms with Crippen molar-refractivity contribution in [2.24, 2.45) is 0 Å². The summed E-state index contributed by atoms with van der Waals surface area (Å²) in [5.41, 5.74) is -1.29. The van der Waals surface area contributed by atoms with Gasteiger partial charge in [-0.05, 0) is 0 Å². The molecule has 0 saturated carbocycles. The molecule has 1 rings (SSSR count). The standard InChI is InChI=1S/C7H7N3O3/c1-2-3-9-6(12)4-8-10(5-11)7(9)13/h1,4,11H,3,5H2. The number of hydrogen-bond acceptors (Lipinski definition) is 4. The first-order valence-corrected chi connectivity index (χ1v) is 3.42. The van der Waals surface area contributed by atoms with Crippen LogP contribution in [0.25, 0.3) is 0 Å². The fraction of sp³-hybridized carbons (Fsp3) is 0.286. The Balaban J connectivity index is 3.41. The smallest absolute Gasteiger partial charge is 0.350 e. The lowest BCUT2D eigenvalue weighted by Gasteiger charge is -2.02. The van der Waals surface area contributed by atoms with E-state index in [0.717, 1.165) is 15.4 Å². The third-order valence-electron chi connectivity index (χ3n) is 1.41. The Labute approximate surface area is 73.1 Å². The van der Waals surface area contributed by atoms with Gasteiger partial charge in [0.25, 0.3) is 5.56 Å². The number of nitrogens with zero attached hydrogens (tertiary/aromatic N) is 3. The molecule has 13 heavy (non-hydrogen) atoms. The first-order chi connectivity index (χ1) is 6.20. The summed E-state index contributed by atoms with van der Waals surface area (Å²) < 4.78 is 1.54. The monoisotopic (exact) mass is 181 g/mol. The van der Waals surface area contributed by atoms with E-state index in [4.69, 9.17) is 11.5 Å². The molecule has 0 unspecified atom stereocenters. The molecule has 1 heterocycles. The Morgan fingerprint density at radius 2 is 2.31 bits per heavy atom. The molecule has 0 aliphatic rings. The lowest BCUT2D eigenvalue weighted by Crippen LogP contribution is -2.40. The molecule has 1 N–H and O–H groups in total. The molecular weight excluding hydrogens is 174 g/mol. The van der Waals surface area contributed by atoms with Crippen LogP contribution in [0.1, 0.15) is 0 Å². The Morgan fingerprint density at radius 1 is 1.62 bits per heavy atom. The van der Waals surface area contributed by atoms with Gasteiger partial charge >= 0.3 is 5.69 Å². The van der Waals surface area contributed by atoms with Crippen LogP contribution < -0.4 is 11.2 Å². The first-order valence-electron chi connectivity index (χ1n) is 3.42. The number of rotatable bonds is 2. The second kappa shape index (κ2) is 3.69. The van der Waals surface area contributed by atoms with Gasteiger partial charge in [0.05, 0.1) is 6.54 Å². The molecule has 0 amide bonds. The van der Waals surface area contributed by atoms with E-state index in [2.05, 4.69) is 11.0 Å². The minimum absolute atomic E-state index is 0.125. The summed E-state index contributed by atoms with van der Waals surface area (Å²) >= 11 is 0. The minimum atomic E-state index is -0.715. The largest absolute Gasteiger partial charge is 0.374 e. The lowest BCUT2D eigenvalue weighted by molar-refractivity contribution is 0.183. The SMILES string of the molecule is C#CCn1c(=O)cnn(CO)c1=O. The zero-order valence-corrected chi connectivity index (χ0v) is 6.67. The van der Waals surface area contributed by atoms with E-state index < -0.39 is 18.0 Å². The highest BCUT2D eigenvalue weighted by atomic mass is 16.3. The second-order valence-electron chi connectivity index (χ2n) is 2.20. The van der Waals surface area contributed by atoms with Crippen LogP contribution in [-0.4, -0.2) is 19.5 Å². The Morgan fingerprint density at radius 3 is 2.85 bits per heavy atom. The Bertz CT molecular complexity index is 451. The van der Waals surface area contributed by atoms with Crippen molar-refractivity contribution in [1.29, 1.82) is 0 Å². The van der Waals surface area contributed by atoms with E-state index in [1.54, 1.807) is 0 Å². The highest BCUT2D eigenvalue weighted by Gasteiger charge is 2.02. The van der Waals surface area contributed by atoms with Crippen LogP contribution in [0, 0.1) is 12.3 Å². The minimum Gasteiger partial charge on any atom is -0.374 e. The van der Waals surface area contributed by atoms with E-state index in [1.807, 2.05) is 0 Å². The van der Waals surface area contributed by atoms with Gasteiger partial charge in [-0.2, -0.15) is 9.78 Å². The van der Waals surface area contributed by atoms with Crippen molar-refractivity contribution in [2.75, 3.05) is 0 Å². The summed E-state index contributed by atoms with van der Waals surface area (Å²) in [5.74, 6) is 2.16. The van der Waals surface area contributed by atoms with E-state index in [9.17, 15) is 9.59 Å². The van der Waals surface area contributed by atoms with Crippen molar-refractivity contribution >= 4 is 0 Å². The molecular formula is C7H7N3O3. The normalized spacial score (nSPS) is 9.54. The molecule has 1 aromatic rings. The van der Waals surface area contributed by atoms with Crippen LogP contribution in [0.2, 0.25) is 0 Å². The molecule has 0 bridgehead atoms. The molecule has 6 nitrogen and oxygen atoms in total. The third-order valence-corrected chi connectivity index (χ3v) is 1.41. The topological polar surface area (TPSA) is 77.1 Å². The zero-order chi connectivity index (χ0) is 9.84. The number of aliphatic hydroxyl groups is 1. The Kier molecular flexibility index (Phi) is 2.62. The molecule has 0 aliphatic heterocycles. The maximum atomic E-state index is 11.2. The van der Waals surface area contributed by atoms with E-state index in [-0.39, 0.29) is 6.54 Å². The molecule has 6 heteroatoms. The van der Waals surface area contributed by atoms with Crippen molar-refractivity contribution in [3.63, 3.8) is 0 Å².